The molecule has 0 spiro atoms. The maximum absolute atomic E-state index is 5.69. The van der Waals surface area contributed by atoms with Crippen molar-refractivity contribution in [1.82, 2.24) is 0 Å². The molecule has 0 radical (unpaired) electrons. The van der Waals surface area contributed by atoms with Crippen molar-refractivity contribution in [3.63, 3.8) is 0 Å². The van der Waals surface area contributed by atoms with E-state index in [0.717, 1.165) is 0 Å². The van der Waals surface area contributed by atoms with Crippen LogP contribution in [-0.4, -0.2) is 23.8 Å². The molecule has 9 heavy (non-hydrogen) atoms. The molecule has 0 aliphatic rings. The van der Waals surface area contributed by atoms with Crippen LogP contribution in [0.15, 0.2) is 0 Å². The van der Waals surface area contributed by atoms with Gasteiger partial charge in [-0.1, -0.05) is 19.6 Å². The maximum atomic E-state index is 5.69. The van der Waals surface area contributed by atoms with Crippen molar-refractivity contribution in [3.8, 4) is 0 Å². The molecular weight excluding hydrogens is 144 g/mol. The molecule has 0 unspecified atom stereocenters. The van der Waals surface area contributed by atoms with E-state index in [4.69, 9.17) is 4.43 Å². The van der Waals surface area contributed by atoms with Crippen LogP contribution >= 0.6 is 0 Å². The third-order valence-electron chi connectivity index (χ3n) is 1.91. The zero-order valence-electron chi connectivity index (χ0n) is 7.19. The summed E-state index contributed by atoms with van der Waals surface area (Å²) in [7, 11) is -0.783. The average molecular weight is 162 g/mol. The molecule has 0 aliphatic heterocycles. The van der Waals surface area contributed by atoms with Crippen LogP contribution in [0.1, 0.15) is 13.8 Å². The summed E-state index contributed by atoms with van der Waals surface area (Å²) in [6, 6.07) is 0. The van der Waals surface area contributed by atoms with Gasteiger partial charge in [-0.2, -0.15) is 0 Å². The Hall–Kier alpha value is 0.394. The fourth-order valence-corrected chi connectivity index (χ4v) is 3.12. The van der Waals surface area contributed by atoms with Gasteiger partial charge in [-0.05, 0) is 13.8 Å². The molecule has 56 valence electrons. The van der Waals surface area contributed by atoms with Crippen molar-refractivity contribution >= 4 is 18.6 Å². The normalized spacial score (nSPS) is 14.0. The molecule has 0 saturated heterocycles. The smallest absolute Gasteiger partial charge is 0.158 e. The molecule has 0 aromatic carbocycles. The van der Waals surface area contributed by atoms with E-state index in [-0.39, 0.29) is 15.0 Å². The molecule has 0 heterocycles. The Labute approximate surface area is 62.4 Å². The Morgan fingerprint density at radius 3 is 1.89 bits per heavy atom. The molecule has 0 rings (SSSR count). The lowest BCUT2D eigenvalue weighted by Crippen LogP contribution is -2.39. The largest absolute Gasteiger partial charge is 0.422 e. The Balaban J connectivity index is 3.70. The summed E-state index contributed by atoms with van der Waals surface area (Å²) in [5, 5.41) is 0.251. The molecule has 0 N–H and O–H groups in total. The van der Waals surface area contributed by atoms with Crippen LogP contribution < -0.4 is 0 Å². The summed E-state index contributed by atoms with van der Waals surface area (Å²) >= 11 is 0. The van der Waals surface area contributed by atoms with E-state index in [1.54, 1.807) is 0 Å². The van der Waals surface area contributed by atoms with Crippen LogP contribution in [0.25, 0.3) is 0 Å². The Morgan fingerprint density at radius 2 is 1.78 bits per heavy atom. The Morgan fingerprint density at radius 1 is 1.33 bits per heavy atom. The lowest BCUT2D eigenvalue weighted by Gasteiger charge is -2.28. The zero-order chi connectivity index (χ0) is 7.49. The first-order valence-electron chi connectivity index (χ1n) is 3.64. The second-order valence-corrected chi connectivity index (χ2v) is 7.76. The topological polar surface area (TPSA) is 9.23 Å². The average Bonchev–Trinajstić information content (AvgIpc) is 1.65. The van der Waals surface area contributed by atoms with Gasteiger partial charge < -0.3 is 4.43 Å². The number of rotatable bonds is 3. The maximum Gasteiger partial charge on any atom is 0.158 e. The molecule has 3 heteroatoms. The van der Waals surface area contributed by atoms with Crippen LogP contribution in [0, 0.1) is 0 Å². The van der Waals surface area contributed by atoms with Gasteiger partial charge in [0.25, 0.3) is 0 Å². The molecule has 0 aliphatic carbocycles. The second-order valence-electron chi connectivity index (χ2n) is 3.19. The quantitative estimate of drug-likeness (QED) is 0.561. The summed E-state index contributed by atoms with van der Waals surface area (Å²) in [5.74, 6) is 0. The fourth-order valence-electron chi connectivity index (χ4n) is 0.539. The van der Waals surface area contributed by atoms with Crippen LogP contribution in [0.5, 0.6) is 0 Å². The summed E-state index contributed by atoms with van der Waals surface area (Å²) in [6.07, 6.45) is 0. The van der Waals surface area contributed by atoms with Crippen molar-refractivity contribution < 1.29 is 4.43 Å². The molecule has 0 bridgehead atoms. The predicted octanol–water partition coefficient (Wildman–Crippen LogP) is 0.939. The zero-order valence-corrected chi connectivity index (χ0v) is 9.76. The standard InChI is InChI=1S/C6H18OSi2/c1-6(2,7-8-3)9(4)5/h9H,8H2,1-5H3. The minimum atomic E-state index is -0.585. The van der Waals surface area contributed by atoms with Crippen molar-refractivity contribution in [2.75, 3.05) is 0 Å². The monoisotopic (exact) mass is 162 g/mol. The molecule has 1 nitrogen and oxygen atoms in total. The van der Waals surface area contributed by atoms with Gasteiger partial charge in [0.1, 0.15) is 0 Å². The highest BCUT2D eigenvalue weighted by Gasteiger charge is 2.21. The number of hydrogen-bond acceptors (Lipinski definition) is 1. The first kappa shape index (κ1) is 9.39. The van der Waals surface area contributed by atoms with E-state index in [1.165, 1.54) is 0 Å². The Bertz CT molecular complexity index is 81.1. The molecule has 0 fully saturated rings. The van der Waals surface area contributed by atoms with E-state index in [2.05, 4.69) is 33.5 Å². The van der Waals surface area contributed by atoms with Crippen molar-refractivity contribution in [2.45, 2.75) is 38.7 Å². The highest BCUT2D eigenvalue weighted by molar-refractivity contribution is 6.59. The van der Waals surface area contributed by atoms with E-state index >= 15 is 0 Å². The minimum Gasteiger partial charge on any atom is -0.422 e. The van der Waals surface area contributed by atoms with Gasteiger partial charge in [-0.3, -0.25) is 0 Å². The van der Waals surface area contributed by atoms with Gasteiger partial charge in [-0.25, -0.2) is 0 Å². The van der Waals surface area contributed by atoms with E-state index in [0.29, 0.717) is 0 Å². The molecule has 0 atom stereocenters. The van der Waals surface area contributed by atoms with Crippen LogP contribution in [0.4, 0.5) is 0 Å². The highest BCUT2D eigenvalue weighted by Crippen LogP contribution is 2.11. The van der Waals surface area contributed by atoms with Gasteiger partial charge in [0.2, 0.25) is 0 Å². The summed E-state index contributed by atoms with van der Waals surface area (Å²) in [4.78, 5) is 0. The van der Waals surface area contributed by atoms with Crippen LogP contribution in [0.2, 0.25) is 19.6 Å². The fraction of sp³-hybridized carbons (Fsp3) is 1.00. The first-order valence-corrected chi connectivity index (χ1v) is 8.52. The minimum absolute atomic E-state index is 0.198. The van der Waals surface area contributed by atoms with Crippen LogP contribution in [-0.2, 0) is 4.43 Å². The third-order valence-corrected chi connectivity index (χ3v) is 6.22. The van der Waals surface area contributed by atoms with Crippen molar-refractivity contribution in [1.29, 1.82) is 0 Å². The number of hydrogen-bond donors (Lipinski definition) is 0. The SMILES string of the molecule is C[SiH2]OC(C)(C)[SiH](C)C. The molecule has 0 amide bonds. The predicted molar refractivity (Wildman–Crippen MR) is 48.4 cm³/mol. The summed E-state index contributed by atoms with van der Waals surface area (Å²) in [5.41, 5.74) is 0. The van der Waals surface area contributed by atoms with E-state index in [9.17, 15) is 0 Å². The van der Waals surface area contributed by atoms with Crippen molar-refractivity contribution in [2.24, 2.45) is 0 Å². The van der Waals surface area contributed by atoms with Gasteiger partial charge in [0, 0.05) is 5.22 Å². The lowest BCUT2D eigenvalue weighted by atomic mass is 10.5. The summed E-state index contributed by atoms with van der Waals surface area (Å²) in [6.45, 7) is 11.3. The highest BCUT2D eigenvalue weighted by atomic mass is 28.3. The first-order chi connectivity index (χ1) is 4.00. The molecule has 0 aromatic heterocycles. The van der Waals surface area contributed by atoms with Crippen LogP contribution in [0.3, 0.4) is 0 Å². The lowest BCUT2D eigenvalue weighted by molar-refractivity contribution is 0.202. The third kappa shape index (κ3) is 3.18. The van der Waals surface area contributed by atoms with Crippen molar-refractivity contribution in [3.05, 3.63) is 0 Å². The summed E-state index contributed by atoms with van der Waals surface area (Å²) < 4.78 is 5.69. The van der Waals surface area contributed by atoms with E-state index in [1.807, 2.05) is 0 Å². The second kappa shape index (κ2) is 3.53. The van der Waals surface area contributed by atoms with Gasteiger partial charge in [-0.15, -0.1) is 0 Å². The van der Waals surface area contributed by atoms with Gasteiger partial charge >= 0.3 is 0 Å². The van der Waals surface area contributed by atoms with E-state index < -0.39 is 8.80 Å². The molecular formula is C6H18OSi2. The Kier molecular flexibility index (Phi) is 3.69. The molecule has 0 aromatic rings. The molecule has 0 saturated carbocycles. The van der Waals surface area contributed by atoms with Gasteiger partial charge in [0.05, 0.1) is 8.80 Å². The van der Waals surface area contributed by atoms with Gasteiger partial charge in [0.15, 0.2) is 9.76 Å².